The third-order valence-electron chi connectivity index (χ3n) is 4.19. The van der Waals surface area contributed by atoms with Crippen molar-refractivity contribution in [1.29, 1.82) is 0 Å². The predicted molar refractivity (Wildman–Crippen MR) is 99.8 cm³/mol. The lowest BCUT2D eigenvalue weighted by atomic mass is 9.77. The summed E-state index contributed by atoms with van der Waals surface area (Å²) in [4.78, 5) is 16.3. The molecular weight excluding hydrogens is 363 g/mol. The maximum atomic E-state index is 11.9. The van der Waals surface area contributed by atoms with Gasteiger partial charge in [0, 0.05) is 12.1 Å². The fourth-order valence-electron chi connectivity index (χ4n) is 2.67. The van der Waals surface area contributed by atoms with E-state index in [1.165, 1.54) is 0 Å². The third-order valence-corrected chi connectivity index (χ3v) is 4.52. The highest BCUT2D eigenvalue weighted by Crippen LogP contribution is 2.38. The molecule has 1 heterocycles. The zero-order chi connectivity index (χ0) is 17.3. The van der Waals surface area contributed by atoms with Crippen molar-refractivity contribution in [2.45, 2.75) is 45.1 Å². The molecule has 0 bridgehead atoms. The van der Waals surface area contributed by atoms with Crippen LogP contribution in [0.25, 0.3) is 11.5 Å². The summed E-state index contributed by atoms with van der Waals surface area (Å²) in [7, 11) is 0. The van der Waals surface area contributed by atoms with E-state index in [9.17, 15) is 4.79 Å². The second-order valence-electron chi connectivity index (χ2n) is 6.77. The van der Waals surface area contributed by atoms with Crippen molar-refractivity contribution >= 4 is 35.6 Å². The van der Waals surface area contributed by atoms with Crippen molar-refractivity contribution in [2.24, 2.45) is 11.7 Å². The van der Waals surface area contributed by atoms with Crippen molar-refractivity contribution in [3.05, 3.63) is 29.0 Å². The van der Waals surface area contributed by atoms with Gasteiger partial charge in [-0.2, -0.15) is 4.98 Å². The minimum atomic E-state index is -0.489. The van der Waals surface area contributed by atoms with Crippen LogP contribution in [0, 0.1) is 5.92 Å². The highest BCUT2D eigenvalue weighted by Gasteiger charge is 2.39. The Morgan fingerprint density at radius 1 is 1.44 bits per heavy atom. The molecule has 0 atom stereocenters. The van der Waals surface area contributed by atoms with Gasteiger partial charge in [0.2, 0.25) is 5.91 Å². The average molecular weight is 385 g/mol. The van der Waals surface area contributed by atoms with Gasteiger partial charge in [-0.05, 0) is 43.4 Å². The third kappa shape index (κ3) is 4.32. The molecule has 136 valence electrons. The molecule has 3 rings (SSSR count). The summed E-state index contributed by atoms with van der Waals surface area (Å²) in [6.45, 7) is 3.99. The number of carbonyl (C=O) groups excluding carboxylic acids is 1. The molecule has 2 aromatic rings. The Morgan fingerprint density at radius 3 is 2.76 bits per heavy atom. The van der Waals surface area contributed by atoms with E-state index >= 15 is 0 Å². The highest BCUT2D eigenvalue weighted by molar-refractivity contribution is 6.33. The SMILES string of the molecule is CC(C)CC(=O)Nc1ccc(Cl)c(-c2nc(C3(N)CCC3)no2)c1.Cl. The summed E-state index contributed by atoms with van der Waals surface area (Å²) in [5.74, 6) is 1.07. The number of hydrogen-bond donors (Lipinski definition) is 2. The molecule has 3 N–H and O–H groups in total. The van der Waals surface area contributed by atoms with E-state index < -0.39 is 5.54 Å². The van der Waals surface area contributed by atoms with Gasteiger partial charge in [0.05, 0.1) is 16.1 Å². The molecule has 0 radical (unpaired) electrons. The second kappa shape index (κ2) is 7.72. The van der Waals surface area contributed by atoms with Crippen molar-refractivity contribution < 1.29 is 9.32 Å². The molecule has 1 aliphatic carbocycles. The smallest absolute Gasteiger partial charge is 0.259 e. The van der Waals surface area contributed by atoms with Crippen molar-refractivity contribution in [3.63, 3.8) is 0 Å². The van der Waals surface area contributed by atoms with Gasteiger partial charge in [-0.25, -0.2) is 0 Å². The van der Waals surface area contributed by atoms with E-state index in [0.29, 0.717) is 40.3 Å². The first kappa shape index (κ1) is 19.7. The van der Waals surface area contributed by atoms with Gasteiger partial charge in [-0.15, -0.1) is 12.4 Å². The van der Waals surface area contributed by atoms with Crippen LogP contribution in [0.5, 0.6) is 0 Å². The summed E-state index contributed by atoms with van der Waals surface area (Å²) in [5, 5.41) is 7.34. The molecule has 1 aromatic heterocycles. The molecule has 1 aliphatic rings. The minimum Gasteiger partial charge on any atom is -0.334 e. The Labute approximate surface area is 157 Å². The van der Waals surface area contributed by atoms with E-state index in [2.05, 4.69) is 15.5 Å². The maximum absolute atomic E-state index is 11.9. The molecule has 25 heavy (non-hydrogen) atoms. The van der Waals surface area contributed by atoms with Gasteiger partial charge in [0.15, 0.2) is 5.82 Å². The van der Waals surface area contributed by atoms with Gasteiger partial charge in [-0.3, -0.25) is 4.79 Å². The fourth-order valence-corrected chi connectivity index (χ4v) is 2.86. The van der Waals surface area contributed by atoms with Gasteiger partial charge in [0.1, 0.15) is 0 Å². The van der Waals surface area contributed by atoms with E-state index in [1.807, 2.05) is 13.8 Å². The molecule has 1 aromatic carbocycles. The first-order valence-corrected chi connectivity index (χ1v) is 8.48. The predicted octanol–water partition coefficient (Wildman–Crippen LogP) is 4.13. The lowest BCUT2D eigenvalue weighted by molar-refractivity contribution is -0.116. The largest absolute Gasteiger partial charge is 0.334 e. The number of anilines is 1. The average Bonchev–Trinajstić information content (AvgIpc) is 2.96. The second-order valence-corrected chi connectivity index (χ2v) is 7.18. The molecule has 1 fully saturated rings. The number of carbonyl (C=O) groups is 1. The molecule has 8 heteroatoms. The van der Waals surface area contributed by atoms with Crippen LogP contribution in [-0.2, 0) is 10.3 Å². The Bertz CT molecular complexity index is 757. The summed E-state index contributed by atoms with van der Waals surface area (Å²) >= 11 is 6.25. The van der Waals surface area contributed by atoms with E-state index in [1.54, 1.807) is 18.2 Å². The van der Waals surface area contributed by atoms with Gasteiger partial charge in [0.25, 0.3) is 5.89 Å². The molecular formula is C17H22Cl2N4O2. The number of halogens is 2. The first-order chi connectivity index (χ1) is 11.4. The zero-order valence-electron chi connectivity index (χ0n) is 14.2. The van der Waals surface area contributed by atoms with E-state index in [0.717, 1.165) is 19.3 Å². The lowest BCUT2D eigenvalue weighted by Crippen LogP contribution is -2.44. The topological polar surface area (TPSA) is 94.0 Å². The van der Waals surface area contributed by atoms with Crippen LogP contribution in [0.3, 0.4) is 0 Å². The summed E-state index contributed by atoms with van der Waals surface area (Å²) < 4.78 is 5.34. The monoisotopic (exact) mass is 384 g/mol. The van der Waals surface area contributed by atoms with Crippen LogP contribution in [0.4, 0.5) is 5.69 Å². The highest BCUT2D eigenvalue weighted by atomic mass is 35.5. The number of amides is 1. The summed E-state index contributed by atoms with van der Waals surface area (Å²) in [6.07, 6.45) is 3.23. The molecule has 6 nitrogen and oxygen atoms in total. The Kier molecular flexibility index (Phi) is 6.08. The standard InChI is InChI=1S/C17H21ClN4O2.ClH/c1-10(2)8-14(23)20-11-4-5-13(18)12(9-11)15-21-16(22-24-15)17(19)6-3-7-17;/h4-5,9-10H,3,6-8,19H2,1-2H3,(H,20,23);1H. The molecule has 0 spiro atoms. The van der Waals surface area contributed by atoms with E-state index in [4.69, 9.17) is 21.9 Å². The number of nitrogens with two attached hydrogens (primary N) is 1. The zero-order valence-corrected chi connectivity index (χ0v) is 15.8. The Morgan fingerprint density at radius 2 is 2.16 bits per heavy atom. The number of rotatable bonds is 5. The van der Waals surface area contributed by atoms with E-state index in [-0.39, 0.29) is 18.3 Å². The number of nitrogens with zero attached hydrogens (tertiary/aromatic N) is 2. The number of aromatic nitrogens is 2. The number of nitrogens with one attached hydrogen (secondary N) is 1. The maximum Gasteiger partial charge on any atom is 0.259 e. The van der Waals surface area contributed by atoms with Crippen LogP contribution < -0.4 is 11.1 Å². The van der Waals surface area contributed by atoms with Gasteiger partial charge < -0.3 is 15.6 Å². The minimum absolute atomic E-state index is 0. The number of benzene rings is 1. The van der Waals surface area contributed by atoms with Gasteiger partial charge >= 0.3 is 0 Å². The lowest BCUT2D eigenvalue weighted by Gasteiger charge is -2.34. The number of hydrogen-bond acceptors (Lipinski definition) is 5. The van der Waals surface area contributed by atoms with Crippen molar-refractivity contribution in [2.75, 3.05) is 5.32 Å². The molecule has 0 unspecified atom stereocenters. The Balaban J connectivity index is 0.00000225. The van der Waals surface area contributed by atoms with Crippen LogP contribution in [0.15, 0.2) is 22.7 Å². The first-order valence-electron chi connectivity index (χ1n) is 8.10. The summed E-state index contributed by atoms with van der Waals surface area (Å²) in [6, 6.07) is 5.19. The van der Waals surface area contributed by atoms with Crippen LogP contribution in [-0.4, -0.2) is 16.0 Å². The van der Waals surface area contributed by atoms with Crippen molar-refractivity contribution in [1.82, 2.24) is 10.1 Å². The van der Waals surface area contributed by atoms with Crippen LogP contribution in [0.1, 0.15) is 45.4 Å². The fraction of sp³-hybridized carbons (Fsp3) is 0.471. The van der Waals surface area contributed by atoms with Crippen molar-refractivity contribution in [3.8, 4) is 11.5 Å². The van der Waals surface area contributed by atoms with Gasteiger partial charge in [-0.1, -0.05) is 30.6 Å². The molecule has 1 saturated carbocycles. The summed E-state index contributed by atoms with van der Waals surface area (Å²) in [5.41, 5.74) is 6.96. The molecule has 0 aliphatic heterocycles. The quantitative estimate of drug-likeness (QED) is 0.807. The van der Waals surface area contributed by atoms with Crippen LogP contribution in [0.2, 0.25) is 5.02 Å². The Hall–Kier alpha value is -1.63. The molecule has 1 amide bonds. The molecule has 0 saturated heterocycles. The van der Waals surface area contributed by atoms with Crippen LogP contribution >= 0.6 is 24.0 Å². The normalized spacial score (nSPS) is 15.4.